The van der Waals surface area contributed by atoms with Gasteiger partial charge in [0.2, 0.25) is 0 Å². The predicted molar refractivity (Wildman–Crippen MR) is 162 cm³/mol. The summed E-state index contributed by atoms with van der Waals surface area (Å²) in [6.45, 7) is 19.9. The molecule has 5 heterocycles. The zero-order chi connectivity index (χ0) is 27.1. The molecular formula is C34H64N4. The molecule has 5 rings (SSSR count). The number of rotatable bonds is 6. The second-order valence-corrected chi connectivity index (χ2v) is 14.6. The largest absolute Gasteiger partial charge is 0.311 e. The third-order valence-corrected chi connectivity index (χ3v) is 13.4. The van der Waals surface area contributed by atoms with Gasteiger partial charge < -0.3 is 21.3 Å². The molecule has 4 nitrogen and oxygen atoms in total. The van der Waals surface area contributed by atoms with E-state index in [0.29, 0.717) is 48.3 Å². The zero-order valence-corrected chi connectivity index (χ0v) is 26.3. The second kappa shape index (κ2) is 12.4. The number of hydrogen-bond donors (Lipinski definition) is 4. The van der Waals surface area contributed by atoms with Crippen molar-refractivity contribution in [2.24, 2.45) is 47.3 Å². The van der Waals surface area contributed by atoms with Gasteiger partial charge in [-0.15, -0.1) is 0 Å². The summed E-state index contributed by atoms with van der Waals surface area (Å²) in [4.78, 5) is 0. The Kier molecular flexibility index (Phi) is 9.55. The van der Waals surface area contributed by atoms with E-state index in [1.807, 2.05) is 0 Å². The first-order valence-corrected chi connectivity index (χ1v) is 17.4. The van der Waals surface area contributed by atoms with E-state index in [4.69, 9.17) is 0 Å². The fourth-order valence-electron chi connectivity index (χ4n) is 11.4. The average Bonchev–Trinajstić information content (AvgIpc) is 3.60. The van der Waals surface area contributed by atoms with E-state index >= 15 is 0 Å². The van der Waals surface area contributed by atoms with E-state index in [9.17, 15) is 0 Å². The van der Waals surface area contributed by atoms with Crippen LogP contribution in [0.3, 0.4) is 0 Å². The van der Waals surface area contributed by atoms with Crippen LogP contribution in [-0.4, -0.2) is 48.3 Å². The summed E-state index contributed by atoms with van der Waals surface area (Å²) in [6.07, 6.45) is 13.2. The highest BCUT2D eigenvalue weighted by atomic mass is 15.1. The molecule has 16 atom stereocenters. The molecule has 220 valence electrons. The van der Waals surface area contributed by atoms with Crippen molar-refractivity contribution >= 4 is 0 Å². The molecule has 4 heteroatoms. The summed E-state index contributed by atoms with van der Waals surface area (Å²) >= 11 is 0. The lowest BCUT2D eigenvalue weighted by Gasteiger charge is -2.28. The van der Waals surface area contributed by atoms with Gasteiger partial charge in [0.1, 0.15) is 0 Å². The summed E-state index contributed by atoms with van der Waals surface area (Å²) < 4.78 is 0. The Hall–Kier alpha value is -0.160. The summed E-state index contributed by atoms with van der Waals surface area (Å²) in [5, 5.41) is 17.3. The maximum atomic E-state index is 4.33. The smallest absolute Gasteiger partial charge is 0.0116 e. The highest BCUT2D eigenvalue weighted by molar-refractivity contribution is 5.08. The van der Waals surface area contributed by atoms with Gasteiger partial charge in [0.15, 0.2) is 0 Å². The van der Waals surface area contributed by atoms with Gasteiger partial charge in [-0.3, -0.25) is 0 Å². The van der Waals surface area contributed by atoms with E-state index in [1.54, 1.807) is 0 Å². The molecule has 0 radical (unpaired) electrons. The van der Waals surface area contributed by atoms with E-state index < -0.39 is 0 Å². The molecule has 0 aromatic heterocycles. The van der Waals surface area contributed by atoms with Crippen molar-refractivity contribution < 1.29 is 0 Å². The van der Waals surface area contributed by atoms with Crippen molar-refractivity contribution in [2.45, 2.75) is 168 Å². The zero-order valence-electron chi connectivity index (χ0n) is 26.3. The number of fused-ring (bicyclic) bond motifs is 8. The van der Waals surface area contributed by atoms with E-state index in [0.717, 1.165) is 47.3 Å². The second-order valence-electron chi connectivity index (χ2n) is 14.6. The van der Waals surface area contributed by atoms with Crippen LogP contribution in [0.4, 0.5) is 0 Å². The van der Waals surface area contributed by atoms with Crippen molar-refractivity contribution in [1.82, 2.24) is 21.3 Å². The lowest BCUT2D eigenvalue weighted by atomic mass is 9.75. The third-order valence-electron chi connectivity index (χ3n) is 13.4. The van der Waals surface area contributed by atoms with Crippen LogP contribution in [-0.2, 0) is 0 Å². The minimum Gasteiger partial charge on any atom is -0.311 e. The van der Waals surface area contributed by atoms with Crippen LogP contribution in [0.2, 0.25) is 0 Å². The van der Waals surface area contributed by atoms with Crippen LogP contribution in [0.1, 0.15) is 120 Å². The highest BCUT2D eigenvalue weighted by Crippen LogP contribution is 2.45. The molecule has 5 aliphatic rings. The molecule has 0 aromatic rings. The minimum atomic E-state index is 0.664. The maximum Gasteiger partial charge on any atom is 0.0116 e. The van der Waals surface area contributed by atoms with Gasteiger partial charge in [-0.2, -0.15) is 0 Å². The number of hydrogen-bond acceptors (Lipinski definition) is 4. The van der Waals surface area contributed by atoms with Crippen molar-refractivity contribution in [3.63, 3.8) is 0 Å². The molecule has 0 amide bonds. The molecule has 0 spiro atoms. The quantitative estimate of drug-likeness (QED) is 0.324. The first-order chi connectivity index (χ1) is 18.4. The van der Waals surface area contributed by atoms with E-state index in [-0.39, 0.29) is 0 Å². The normalized spacial score (nSPS) is 53.1. The Labute approximate surface area is 236 Å². The van der Waals surface area contributed by atoms with Gasteiger partial charge in [-0.05, 0) is 73.0 Å². The lowest BCUT2D eigenvalue weighted by molar-refractivity contribution is 0.261. The Bertz CT molecular complexity index is 697. The molecule has 16 unspecified atom stereocenters. The fourth-order valence-corrected chi connectivity index (χ4v) is 11.4. The molecule has 5 saturated heterocycles. The molecule has 0 aromatic carbocycles. The average molecular weight is 529 g/mol. The van der Waals surface area contributed by atoms with Crippen molar-refractivity contribution in [1.29, 1.82) is 0 Å². The highest BCUT2D eigenvalue weighted by Gasteiger charge is 2.51. The van der Waals surface area contributed by atoms with Crippen LogP contribution >= 0.6 is 0 Å². The SMILES string of the molecule is CCC1C2CC3NC(CC4NC(CC5NC(CC(N2)C1C)C(CC)C5CC)C(CC)C4CC)C(C)C3CC. The maximum absolute atomic E-state index is 4.33. The summed E-state index contributed by atoms with van der Waals surface area (Å²) in [5.41, 5.74) is 0. The number of nitrogens with one attached hydrogen (secondary N) is 4. The minimum absolute atomic E-state index is 0.664. The van der Waals surface area contributed by atoms with Crippen molar-refractivity contribution in [3.05, 3.63) is 0 Å². The Balaban J connectivity index is 1.48. The van der Waals surface area contributed by atoms with Gasteiger partial charge in [0, 0.05) is 48.3 Å². The van der Waals surface area contributed by atoms with Crippen molar-refractivity contribution in [3.8, 4) is 0 Å². The lowest BCUT2D eigenvalue weighted by Crippen LogP contribution is -2.45. The molecule has 5 aliphatic heterocycles. The Morgan fingerprint density at radius 1 is 0.342 bits per heavy atom. The van der Waals surface area contributed by atoms with Crippen LogP contribution in [0, 0.1) is 47.3 Å². The Morgan fingerprint density at radius 3 is 0.816 bits per heavy atom. The fraction of sp³-hybridized carbons (Fsp3) is 1.00. The summed E-state index contributed by atoms with van der Waals surface area (Å²) in [5.74, 6) is 6.51. The topological polar surface area (TPSA) is 48.1 Å². The molecule has 5 fully saturated rings. The van der Waals surface area contributed by atoms with Crippen LogP contribution in [0.25, 0.3) is 0 Å². The molecule has 8 bridgehead atoms. The van der Waals surface area contributed by atoms with Gasteiger partial charge in [0.05, 0.1) is 0 Å². The Morgan fingerprint density at radius 2 is 0.553 bits per heavy atom. The summed E-state index contributed by atoms with van der Waals surface area (Å²) in [7, 11) is 0. The van der Waals surface area contributed by atoms with Gasteiger partial charge in [-0.25, -0.2) is 0 Å². The summed E-state index contributed by atoms with van der Waals surface area (Å²) in [6, 6.07) is 5.38. The van der Waals surface area contributed by atoms with Crippen LogP contribution < -0.4 is 21.3 Å². The van der Waals surface area contributed by atoms with Crippen molar-refractivity contribution in [2.75, 3.05) is 0 Å². The third kappa shape index (κ3) is 5.16. The predicted octanol–water partition coefficient (Wildman–Crippen LogP) is 6.35. The van der Waals surface area contributed by atoms with Gasteiger partial charge in [0.25, 0.3) is 0 Å². The molecule has 4 N–H and O–H groups in total. The molecule has 0 aliphatic carbocycles. The van der Waals surface area contributed by atoms with E-state index in [2.05, 4.69) is 76.7 Å². The first-order valence-electron chi connectivity index (χ1n) is 17.4. The molecule has 38 heavy (non-hydrogen) atoms. The van der Waals surface area contributed by atoms with Crippen LogP contribution in [0.15, 0.2) is 0 Å². The van der Waals surface area contributed by atoms with Gasteiger partial charge >= 0.3 is 0 Å². The van der Waals surface area contributed by atoms with E-state index in [1.165, 1.54) is 64.2 Å². The molecular weight excluding hydrogens is 464 g/mol. The first kappa shape index (κ1) is 29.3. The standard InChI is InChI=1S/C34H64N4/c1-9-21-19(7)27-15-31-23(11-3)25(13-5)33(37-31)18-34-26(14-6)24(12-4)32(38-34)16-28-20(8)22(10-2)30(36-28)17-29(21)35-27/h19-38H,9-18H2,1-8H3. The van der Waals surface area contributed by atoms with Crippen LogP contribution in [0.5, 0.6) is 0 Å². The monoisotopic (exact) mass is 529 g/mol. The van der Waals surface area contributed by atoms with Gasteiger partial charge in [-0.1, -0.05) is 93.9 Å². The molecule has 0 saturated carbocycles.